The second-order valence-corrected chi connectivity index (χ2v) is 12.0. The Morgan fingerprint density at radius 2 is 1.84 bits per heavy atom. The van der Waals surface area contributed by atoms with Gasteiger partial charge in [0.25, 0.3) is 0 Å². The van der Waals surface area contributed by atoms with Gasteiger partial charge in [-0.15, -0.1) is 0 Å². The summed E-state index contributed by atoms with van der Waals surface area (Å²) in [6.45, 7) is 11.3. The summed E-state index contributed by atoms with van der Waals surface area (Å²) in [5.41, 5.74) is 10.8. The van der Waals surface area contributed by atoms with Crippen LogP contribution in [0.4, 0.5) is 15.8 Å². The second-order valence-electron chi connectivity index (χ2n) is 12.0. The molecule has 2 saturated heterocycles. The van der Waals surface area contributed by atoms with Crippen LogP contribution in [-0.4, -0.2) is 80.1 Å². The Kier molecular flexibility index (Phi) is 8.83. The highest BCUT2D eigenvalue weighted by atomic mass is 19.1. The maximum Gasteiger partial charge on any atom is 0.140 e. The molecule has 3 aliphatic rings. The van der Waals surface area contributed by atoms with Gasteiger partial charge in [-0.1, -0.05) is 12.1 Å². The van der Waals surface area contributed by atoms with Gasteiger partial charge >= 0.3 is 0 Å². The lowest BCUT2D eigenvalue weighted by Crippen LogP contribution is -2.52. The molecule has 0 bridgehead atoms. The van der Waals surface area contributed by atoms with Crippen molar-refractivity contribution in [3.8, 4) is 17.0 Å². The summed E-state index contributed by atoms with van der Waals surface area (Å²) in [7, 11) is 2.21. The summed E-state index contributed by atoms with van der Waals surface area (Å²) in [4.78, 5) is 16.4. The third-order valence-electron chi connectivity index (χ3n) is 8.96. The van der Waals surface area contributed by atoms with Crippen LogP contribution in [0.1, 0.15) is 30.9 Å². The van der Waals surface area contributed by atoms with Crippen LogP contribution in [0.3, 0.4) is 0 Å². The first kappa shape index (κ1) is 30.1. The Labute approximate surface area is 259 Å². The van der Waals surface area contributed by atoms with Crippen molar-refractivity contribution < 1.29 is 9.13 Å². The molecule has 3 aromatic rings. The van der Waals surface area contributed by atoms with Gasteiger partial charge in [0.2, 0.25) is 0 Å². The number of hydrogen-bond acceptors (Lipinski definition) is 9. The van der Waals surface area contributed by atoms with E-state index in [9.17, 15) is 4.39 Å². The summed E-state index contributed by atoms with van der Waals surface area (Å²) in [5, 5.41) is 6.57. The van der Waals surface area contributed by atoms with E-state index in [1.807, 2.05) is 19.1 Å². The minimum absolute atomic E-state index is 0.320. The summed E-state index contributed by atoms with van der Waals surface area (Å²) < 4.78 is 20.6. The van der Waals surface area contributed by atoms with Gasteiger partial charge in [-0.05, 0) is 69.6 Å². The number of likely N-dealkylation sites (N-methyl/N-ethyl adjacent to an activating group) is 1. The number of benzene rings is 2. The van der Waals surface area contributed by atoms with Crippen LogP contribution in [0.25, 0.3) is 11.3 Å². The van der Waals surface area contributed by atoms with Crippen LogP contribution >= 0.6 is 0 Å². The molecule has 4 heterocycles. The molecule has 10 heteroatoms. The zero-order valence-electron chi connectivity index (χ0n) is 25.9. The average Bonchev–Trinajstić information content (AvgIpc) is 3.03. The molecule has 0 amide bonds. The van der Waals surface area contributed by atoms with Crippen molar-refractivity contribution >= 4 is 17.7 Å². The lowest BCUT2D eigenvalue weighted by molar-refractivity contribution is 0.0982. The predicted molar refractivity (Wildman–Crippen MR) is 175 cm³/mol. The van der Waals surface area contributed by atoms with Gasteiger partial charge in [0.1, 0.15) is 23.1 Å². The minimum Gasteiger partial charge on any atom is -0.493 e. The summed E-state index contributed by atoms with van der Waals surface area (Å²) in [6.07, 6.45) is 7.44. The van der Waals surface area contributed by atoms with E-state index in [0.717, 1.165) is 61.8 Å². The Morgan fingerprint density at radius 1 is 1.07 bits per heavy atom. The van der Waals surface area contributed by atoms with Crippen molar-refractivity contribution in [1.82, 2.24) is 20.1 Å². The first-order valence-electron chi connectivity index (χ1n) is 15.6. The molecule has 1 aromatic heterocycles. The number of aliphatic imine (C=N–C) groups is 1. The van der Waals surface area contributed by atoms with Crippen LogP contribution in [-0.2, 0) is 5.66 Å². The molecule has 0 aliphatic carbocycles. The number of nitrogens with one attached hydrogen (secondary N) is 2. The number of nitrogens with zero attached hydrogens (tertiary/aromatic N) is 5. The third kappa shape index (κ3) is 6.43. The quantitative estimate of drug-likeness (QED) is 0.349. The van der Waals surface area contributed by atoms with Crippen molar-refractivity contribution in [2.75, 3.05) is 63.1 Å². The topological polar surface area (TPSA) is 94.3 Å². The van der Waals surface area contributed by atoms with E-state index in [4.69, 9.17) is 10.5 Å². The molecule has 6 rings (SSSR count). The zero-order chi connectivity index (χ0) is 30.7. The maximum atomic E-state index is 14.4. The van der Waals surface area contributed by atoms with Crippen molar-refractivity contribution in [3.05, 3.63) is 83.6 Å². The summed E-state index contributed by atoms with van der Waals surface area (Å²) >= 11 is 0. The number of hydrogen-bond donors (Lipinski definition) is 3. The number of halogens is 1. The number of anilines is 2. The van der Waals surface area contributed by atoms with Gasteiger partial charge in [0, 0.05) is 86.2 Å². The minimum atomic E-state index is -1.06. The van der Waals surface area contributed by atoms with Crippen molar-refractivity contribution in [1.29, 1.82) is 0 Å². The third-order valence-corrected chi connectivity index (χ3v) is 8.96. The Hall–Kier alpha value is -3.99. The molecule has 232 valence electrons. The van der Waals surface area contributed by atoms with E-state index < -0.39 is 5.66 Å². The molecular formula is C34H43FN8O. The fourth-order valence-corrected chi connectivity index (χ4v) is 6.47. The normalized spacial score (nSPS) is 21.6. The monoisotopic (exact) mass is 598 g/mol. The van der Waals surface area contributed by atoms with Crippen molar-refractivity contribution in [2.24, 2.45) is 10.7 Å². The van der Waals surface area contributed by atoms with Gasteiger partial charge in [-0.25, -0.2) is 9.38 Å². The first-order valence-corrected chi connectivity index (χ1v) is 15.6. The van der Waals surface area contributed by atoms with Gasteiger partial charge < -0.3 is 30.9 Å². The number of aryl methyl sites for hydroxylation is 1. The molecule has 1 atom stereocenters. The van der Waals surface area contributed by atoms with Crippen LogP contribution in [0.5, 0.6) is 5.75 Å². The smallest absolute Gasteiger partial charge is 0.140 e. The van der Waals surface area contributed by atoms with Crippen LogP contribution < -0.4 is 26.0 Å². The molecule has 2 fully saturated rings. The van der Waals surface area contributed by atoms with E-state index in [2.05, 4.69) is 61.4 Å². The Morgan fingerprint density at radius 3 is 2.59 bits per heavy atom. The highest BCUT2D eigenvalue weighted by Gasteiger charge is 2.33. The first-order chi connectivity index (χ1) is 21.3. The lowest BCUT2D eigenvalue weighted by atomic mass is 9.94. The van der Waals surface area contributed by atoms with Crippen molar-refractivity contribution in [3.63, 3.8) is 0 Å². The van der Waals surface area contributed by atoms with E-state index >= 15 is 0 Å². The van der Waals surface area contributed by atoms with Crippen LogP contribution in [0.15, 0.2) is 71.6 Å². The number of piperidine rings is 1. The molecule has 1 unspecified atom stereocenters. The van der Waals surface area contributed by atoms with E-state index in [1.165, 1.54) is 24.6 Å². The van der Waals surface area contributed by atoms with Crippen LogP contribution in [0, 0.1) is 12.7 Å². The molecule has 3 aliphatic heterocycles. The largest absolute Gasteiger partial charge is 0.493 e. The van der Waals surface area contributed by atoms with Gasteiger partial charge in [0.05, 0.1) is 18.6 Å². The zero-order valence-corrected chi connectivity index (χ0v) is 25.9. The van der Waals surface area contributed by atoms with Gasteiger partial charge in [0.15, 0.2) is 0 Å². The fraction of sp³-hybridized carbons (Fsp3) is 0.412. The number of aromatic nitrogens is 1. The molecule has 0 spiro atoms. The lowest BCUT2D eigenvalue weighted by Gasteiger charge is -2.43. The molecular weight excluding hydrogens is 555 g/mol. The van der Waals surface area contributed by atoms with Crippen LogP contribution in [0.2, 0.25) is 0 Å². The van der Waals surface area contributed by atoms with Crippen molar-refractivity contribution in [2.45, 2.75) is 38.4 Å². The highest BCUT2D eigenvalue weighted by molar-refractivity contribution is 5.69. The SMILES string of the molecule is CCOc1cc(N2CCC(N3CCN(C)CC3)CC2)c(C)cc1C1(N)C=C(Nc2ccnc(-c3ccccc3F)c2)N=CN1. The molecule has 0 radical (unpaired) electrons. The summed E-state index contributed by atoms with van der Waals surface area (Å²) in [6, 6.07) is 15.2. The average molecular weight is 599 g/mol. The number of piperazine rings is 1. The highest BCUT2D eigenvalue weighted by Crippen LogP contribution is 2.37. The number of rotatable bonds is 8. The molecule has 0 saturated carbocycles. The van der Waals surface area contributed by atoms with Gasteiger partial charge in [-0.3, -0.25) is 9.88 Å². The van der Waals surface area contributed by atoms with E-state index in [0.29, 0.717) is 29.7 Å². The second kappa shape index (κ2) is 12.9. The molecule has 2 aromatic carbocycles. The van der Waals surface area contributed by atoms with E-state index in [1.54, 1.807) is 36.8 Å². The predicted octanol–water partition coefficient (Wildman–Crippen LogP) is 4.51. The number of pyridine rings is 1. The molecule has 44 heavy (non-hydrogen) atoms. The Balaban J connectivity index is 1.21. The molecule has 9 nitrogen and oxygen atoms in total. The van der Waals surface area contributed by atoms with E-state index in [-0.39, 0.29) is 5.82 Å². The summed E-state index contributed by atoms with van der Waals surface area (Å²) in [5.74, 6) is 0.993. The maximum absolute atomic E-state index is 14.4. The number of nitrogens with two attached hydrogens (primary N) is 1. The standard InChI is InChI=1S/C34H43FN8O/c1-4-44-32-21-31(43-13-10-26(11-14-43)42-17-15-41(3)16-18-42)24(2)19-28(32)34(36)22-33(38-23-39-34)40-25-9-12-37-30(20-25)27-7-5-6-8-29(27)35/h5-9,12,19-23,26H,4,10-11,13-18,36H2,1-3H3,(H,37,40)(H,38,39). The Bertz CT molecular complexity index is 1530. The fourth-order valence-electron chi connectivity index (χ4n) is 6.47. The molecule has 4 N–H and O–H groups in total. The van der Waals surface area contributed by atoms with Gasteiger partial charge in [-0.2, -0.15) is 0 Å². The number of ether oxygens (including phenoxy) is 1.